The molecule has 0 bridgehead atoms. The zero-order valence-electron chi connectivity index (χ0n) is 16.5. The third kappa shape index (κ3) is 4.83. The molecule has 0 spiro atoms. The van der Waals surface area contributed by atoms with Crippen LogP contribution in [0.3, 0.4) is 0 Å². The molecule has 31 heavy (non-hydrogen) atoms. The lowest BCUT2D eigenvalue weighted by Crippen LogP contribution is -2.05. The van der Waals surface area contributed by atoms with Crippen molar-refractivity contribution >= 4 is 33.9 Å². The summed E-state index contributed by atoms with van der Waals surface area (Å²) in [5, 5.41) is 0. The van der Waals surface area contributed by atoms with E-state index in [-0.39, 0.29) is 17.4 Å². The number of benzene rings is 3. The lowest BCUT2D eigenvalue weighted by Gasteiger charge is -2.13. The Kier molecular flexibility index (Phi) is 6.13. The monoisotopic (exact) mass is 481 g/mol. The van der Waals surface area contributed by atoms with Crippen LogP contribution in [0.25, 0.3) is 6.08 Å². The minimum absolute atomic E-state index is 0.112. The standard InChI is InChI=1S/C24H17BrFNO4/c1-29-21-4-2-3-17(22(21)30-14-15-5-9-18(25)10-6-15)13-20-24(28)31-23(27-20)16-7-11-19(26)12-8-16/h2-13H,14H2,1H3/b20-13-. The molecule has 0 atom stereocenters. The summed E-state index contributed by atoms with van der Waals surface area (Å²) < 4.78 is 30.9. The van der Waals surface area contributed by atoms with Crippen LogP contribution in [0.4, 0.5) is 4.39 Å². The summed E-state index contributed by atoms with van der Waals surface area (Å²) in [6, 6.07) is 18.7. The Morgan fingerprint density at radius 3 is 2.52 bits per heavy atom. The Morgan fingerprint density at radius 2 is 1.81 bits per heavy atom. The van der Waals surface area contributed by atoms with Crippen LogP contribution < -0.4 is 9.47 Å². The van der Waals surface area contributed by atoms with Crippen LogP contribution in [0, 0.1) is 5.82 Å². The quantitative estimate of drug-likeness (QED) is 0.343. The van der Waals surface area contributed by atoms with Gasteiger partial charge >= 0.3 is 5.97 Å². The summed E-state index contributed by atoms with van der Waals surface area (Å²) in [5.41, 5.74) is 2.22. The highest BCUT2D eigenvalue weighted by molar-refractivity contribution is 9.10. The molecule has 0 N–H and O–H groups in total. The summed E-state index contributed by atoms with van der Waals surface area (Å²) in [4.78, 5) is 16.6. The fourth-order valence-electron chi connectivity index (χ4n) is 2.97. The maximum Gasteiger partial charge on any atom is 0.363 e. The van der Waals surface area contributed by atoms with Gasteiger partial charge in [0.05, 0.1) is 7.11 Å². The maximum absolute atomic E-state index is 13.2. The Labute approximate surface area is 186 Å². The average molecular weight is 482 g/mol. The van der Waals surface area contributed by atoms with Gasteiger partial charge < -0.3 is 14.2 Å². The molecule has 0 radical (unpaired) electrons. The predicted molar refractivity (Wildman–Crippen MR) is 118 cm³/mol. The van der Waals surface area contributed by atoms with Crippen molar-refractivity contribution in [2.45, 2.75) is 6.61 Å². The third-order valence-electron chi connectivity index (χ3n) is 4.53. The number of hydrogen-bond acceptors (Lipinski definition) is 5. The molecule has 156 valence electrons. The van der Waals surface area contributed by atoms with Crippen molar-refractivity contribution in [1.82, 2.24) is 0 Å². The molecule has 0 amide bonds. The van der Waals surface area contributed by atoms with Crippen molar-refractivity contribution in [3.63, 3.8) is 0 Å². The van der Waals surface area contributed by atoms with Crippen LogP contribution in [0.2, 0.25) is 0 Å². The minimum atomic E-state index is -0.596. The summed E-state index contributed by atoms with van der Waals surface area (Å²) in [5.74, 6) is 0.157. The van der Waals surface area contributed by atoms with Crippen molar-refractivity contribution in [1.29, 1.82) is 0 Å². The zero-order valence-corrected chi connectivity index (χ0v) is 18.1. The van der Waals surface area contributed by atoms with E-state index >= 15 is 0 Å². The van der Waals surface area contributed by atoms with Crippen LogP contribution >= 0.6 is 15.9 Å². The van der Waals surface area contributed by atoms with Gasteiger partial charge in [-0.15, -0.1) is 0 Å². The maximum atomic E-state index is 13.2. The summed E-state index contributed by atoms with van der Waals surface area (Å²) >= 11 is 3.41. The number of carbonyl (C=O) groups excluding carboxylic acids is 1. The summed E-state index contributed by atoms with van der Waals surface area (Å²) in [7, 11) is 1.55. The molecule has 0 fully saturated rings. The van der Waals surface area contributed by atoms with E-state index in [2.05, 4.69) is 20.9 Å². The molecule has 3 aromatic carbocycles. The van der Waals surface area contributed by atoms with Crippen molar-refractivity contribution in [3.8, 4) is 11.5 Å². The SMILES string of the molecule is COc1cccc(/C=C2\N=C(c3ccc(F)cc3)OC2=O)c1OCc1ccc(Br)cc1. The van der Waals surface area contributed by atoms with Crippen molar-refractivity contribution in [2.24, 2.45) is 4.99 Å². The number of esters is 1. The van der Waals surface area contributed by atoms with Gasteiger partial charge in [0, 0.05) is 15.6 Å². The number of ether oxygens (including phenoxy) is 3. The number of para-hydroxylation sites is 1. The molecule has 7 heteroatoms. The zero-order chi connectivity index (χ0) is 21.8. The van der Waals surface area contributed by atoms with Gasteiger partial charge in [-0.2, -0.15) is 0 Å². The van der Waals surface area contributed by atoms with Gasteiger partial charge in [0.2, 0.25) is 5.90 Å². The first-order valence-electron chi connectivity index (χ1n) is 9.36. The number of rotatable bonds is 6. The molecule has 0 saturated heterocycles. The van der Waals surface area contributed by atoms with Crippen LogP contribution in [0.15, 0.2) is 81.9 Å². The highest BCUT2D eigenvalue weighted by Crippen LogP contribution is 2.34. The topological polar surface area (TPSA) is 57.1 Å². The number of carbonyl (C=O) groups is 1. The Bertz CT molecular complexity index is 1170. The van der Waals surface area contributed by atoms with E-state index in [1.165, 1.54) is 24.3 Å². The smallest absolute Gasteiger partial charge is 0.363 e. The second-order valence-electron chi connectivity index (χ2n) is 6.64. The molecule has 5 nitrogen and oxygen atoms in total. The van der Waals surface area contributed by atoms with Crippen LogP contribution in [0.5, 0.6) is 11.5 Å². The number of halogens is 2. The van der Waals surface area contributed by atoms with Gasteiger partial charge in [0.1, 0.15) is 12.4 Å². The molecule has 0 unspecified atom stereocenters. The highest BCUT2D eigenvalue weighted by atomic mass is 79.9. The van der Waals surface area contributed by atoms with Crippen LogP contribution in [-0.2, 0) is 16.1 Å². The first kappa shape index (κ1) is 20.8. The van der Waals surface area contributed by atoms with E-state index in [9.17, 15) is 9.18 Å². The second kappa shape index (κ2) is 9.14. The van der Waals surface area contributed by atoms with Gasteiger partial charge in [0.25, 0.3) is 0 Å². The van der Waals surface area contributed by atoms with Gasteiger partial charge in [-0.05, 0) is 54.1 Å². The van der Waals surface area contributed by atoms with Crippen LogP contribution in [0.1, 0.15) is 16.7 Å². The largest absolute Gasteiger partial charge is 0.493 e. The Hall–Kier alpha value is -3.45. The van der Waals surface area contributed by atoms with Crippen LogP contribution in [-0.4, -0.2) is 19.0 Å². The molecular weight excluding hydrogens is 465 g/mol. The second-order valence-corrected chi connectivity index (χ2v) is 7.55. The number of aliphatic imine (C=N–C) groups is 1. The molecule has 4 rings (SSSR count). The van der Waals surface area contributed by atoms with E-state index in [0.717, 1.165) is 10.0 Å². The first-order valence-corrected chi connectivity index (χ1v) is 10.2. The third-order valence-corrected chi connectivity index (χ3v) is 5.06. The molecule has 0 aliphatic carbocycles. The average Bonchev–Trinajstić information content (AvgIpc) is 3.14. The van der Waals surface area contributed by atoms with Crippen molar-refractivity contribution in [2.75, 3.05) is 7.11 Å². The van der Waals surface area contributed by atoms with E-state index in [4.69, 9.17) is 14.2 Å². The van der Waals surface area contributed by atoms with Gasteiger partial charge in [-0.3, -0.25) is 0 Å². The van der Waals surface area contributed by atoms with Crippen molar-refractivity contribution in [3.05, 3.63) is 99.4 Å². The normalized spacial score (nSPS) is 14.4. The van der Waals surface area contributed by atoms with E-state index in [0.29, 0.717) is 29.2 Å². The fraction of sp³-hybridized carbons (Fsp3) is 0.0833. The number of hydrogen-bond donors (Lipinski definition) is 0. The number of methoxy groups -OCH3 is 1. The molecule has 0 saturated carbocycles. The minimum Gasteiger partial charge on any atom is -0.493 e. The van der Waals surface area contributed by atoms with Gasteiger partial charge in [-0.25, -0.2) is 14.2 Å². The number of nitrogens with zero attached hydrogens (tertiary/aromatic N) is 1. The molecule has 1 aliphatic rings. The first-order chi connectivity index (χ1) is 15.0. The lowest BCUT2D eigenvalue weighted by atomic mass is 10.1. The molecule has 1 heterocycles. The summed E-state index contributed by atoms with van der Waals surface area (Å²) in [6.45, 7) is 0.318. The Balaban J connectivity index is 1.64. The van der Waals surface area contributed by atoms with Gasteiger partial charge in [-0.1, -0.05) is 40.2 Å². The molecule has 1 aliphatic heterocycles. The van der Waals surface area contributed by atoms with Crippen molar-refractivity contribution < 1.29 is 23.4 Å². The van der Waals surface area contributed by atoms with E-state index in [1.807, 2.05) is 24.3 Å². The lowest BCUT2D eigenvalue weighted by molar-refractivity contribution is -0.129. The fourth-order valence-corrected chi connectivity index (χ4v) is 3.23. The van der Waals surface area contributed by atoms with E-state index in [1.54, 1.807) is 31.4 Å². The molecule has 0 aromatic heterocycles. The molecular formula is C24H17BrFNO4. The van der Waals surface area contributed by atoms with E-state index < -0.39 is 5.97 Å². The number of cyclic esters (lactones) is 1. The highest BCUT2D eigenvalue weighted by Gasteiger charge is 2.25. The predicted octanol–water partition coefficient (Wildman–Crippen LogP) is 5.52. The summed E-state index contributed by atoms with van der Waals surface area (Å²) in [6.07, 6.45) is 1.58. The molecule has 3 aromatic rings. The Morgan fingerprint density at radius 1 is 1.06 bits per heavy atom. The van der Waals surface area contributed by atoms with Gasteiger partial charge in [0.15, 0.2) is 17.2 Å².